The van der Waals surface area contributed by atoms with E-state index in [1.165, 1.54) is 9.21 Å². The predicted octanol–water partition coefficient (Wildman–Crippen LogP) is 9.53. The van der Waals surface area contributed by atoms with E-state index in [2.05, 4.69) is 29.9 Å². The van der Waals surface area contributed by atoms with Crippen LogP contribution < -0.4 is 27.8 Å². The Labute approximate surface area is 315 Å². The standard InChI is InChI=1S/C36H36N9O6P3/c1-25-7-13-37-31(19-25)46-44-52(48-33-21-27(3)9-15-39-33)43-54(50-35-23-29(5)11-17-41-35,51-36-24-30(6)12-18-42-36)45(47-32-20-26(2)8-14-38-32)53(44)49-34-22-28(4)10-16-40-34/h7-24H,1-6H3. The van der Waals surface area contributed by atoms with Crippen LogP contribution in [-0.4, -0.2) is 39.1 Å². The van der Waals surface area contributed by atoms with E-state index in [0.717, 1.165) is 33.4 Å². The Morgan fingerprint density at radius 1 is 0.444 bits per heavy atom. The first-order chi connectivity index (χ1) is 26.1. The van der Waals surface area contributed by atoms with Gasteiger partial charge in [0.25, 0.3) is 0 Å². The Kier molecular flexibility index (Phi) is 11.2. The first kappa shape index (κ1) is 37.0. The Morgan fingerprint density at radius 2 is 0.796 bits per heavy atom. The van der Waals surface area contributed by atoms with Crippen molar-refractivity contribution in [2.24, 2.45) is 4.52 Å². The smallest absolute Gasteiger partial charge is 0.422 e. The van der Waals surface area contributed by atoms with Gasteiger partial charge in [-0.1, -0.05) is 0 Å². The van der Waals surface area contributed by atoms with E-state index in [4.69, 9.17) is 32.3 Å². The molecule has 0 aliphatic carbocycles. The van der Waals surface area contributed by atoms with E-state index >= 15 is 0 Å². The number of aryl methyl sites for hydroxylation is 6. The van der Waals surface area contributed by atoms with Crippen molar-refractivity contribution in [1.29, 1.82) is 0 Å². The highest BCUT2D eigenvalue weighted by Crippen LogP contribution is 2.77. The minimum atomic E-state index is -4.04. The van der Waals surface area contributed by atoms with Gasteiger partial charge in [0.1, 0.15) is 0 Å². The molecule has 6 aromatic heterocycles. The molecule has 0 saturated carbocycles. The van der Waals surface area contributed by atoms with Crippen molar-refractivity contribution in [2.75, 3.05) is 0 Å². The number of pyridine rings is 6. The zero-order valence-corrected chi connectivity index (χ0v) is 32.9. The summed E-state index contributed by atoms with van der Waals surface area (Å²) in [5, 5.41) is 0. The summed E-state index contributed by atoms with van der Waals surface area (Å²) in [7, 11) is -8.72. The third kappa shape index (κ3) is 9.07. The van der Waals surface area contributed by atoms with Crippen LogP contribution in [0.5, 0.6) is 35.3 Å². The maximum Gasteiger partial charge on any atom is 0.449 e. The molecule has 0 aromatic carbocycles. The van der Waals surface area contributed by atoms with Gasteiger partial charge in [-0.3, -0.25) is 0 Å². The lowest BCUT2D eigenvalue weighted by atomic mass is 10.3. The molecule has 0 N–H and O–H groups in total. The van der Waals surface area contributed by atoms with Gasteiger partial charge in [-0.15, -0.1) is 4.52 Å². The van der Waals surface area contributed by atoms with Crippen LogP contribution in [-0.2, 0) is 0 Å². The fourth-order valence-electron chi connectivity index (χ4n) is 4.73. The lowest BCUT2D eigenvalue weighted by Crippen LogP contribution is -2.37. The second-order valence-electron chi connectivity index (χ2n) is 12.2. The lowest BCUT2D eigenvalue weighted by molar-refractivity contribution is 0.0478. The van der Waals surface area contributed by atoms with Gasteiger partial charge in [-0.2, -0.15) is 0 Å². The van der Waals surface area contributed by atoms with Crippen molar-refractivity contribution < 1.29 is 27.8 Å². The third-order valence-corrected chi connectivity index (χ3v) is 14.1. The van der Waals surface area contributed by atoms with Crippen LogP contribution in [0.25, 0.3) is 0 Å². The summed E-state index contributed by atoms with van der Waals surface area (Å²) in [6, 6.07) is 21.8. The second kappa shape index (κ2) is 16.4. The summed E-state index contributed by atoms with van der Waals surface area (Å²) in [6.07, 6.45) is 9.83. The highest BCUT2D eigenvalue weighted by atomic mass is 31.3. The van der Waals surface area contributed by atoms with Gasteiger partial charge in [0, 0.05) is 82.8 Å². The maximum absolute atomic E-state index is 6.86. The van der Waals surface area contributed by atoms with Crippen LogP contribution in [0.15, 0.2) is 114 Å². The van der Waals surface area contributed by atoms with E-state index in [0.29, 0.717) is 0 Å². The molecule has 7 rings (SSSR count). The summed E-state index contributed by atoms with van der Waals surface area (Å²) in [4.78, 5) is 40.4. The molecular weight excluding hydrogens is 747 g/mol. The molecule has 0 spiro atoms. The molecule has 15 nitrogen and oxygen atoms in total. The van der Waals surface area contributed by atoms with Gasteiger partial charge < -0.3 is 27.8 Å². The topological polar surface area (TPSA) is 152 Å². The second-order valence-corrected chi connectivity index (χ2v) is 17.7. The van der Waals surface area contributed by atoms with Gasteiger partial charge >= 0.3 is 24.6 Å². The van der Waals surface area contributed by atoms with E-state index in [9.17, 15) is 0 Å². The molecule has 2 atom stereocenters. The molecule has 0 radical (unpaired) electrons. The highest BCUT2D eigenvalue weighted by Gasteiger charge is 2.59. The predicted molar refractivity (Wildman–Crippen MR) is 204 cm³/mol. The van der Waals surface area contributed by atoms with Gasteiger partial charge in [0.15, 0.2) is 0 Å². The Balaban J connectivity index is 1.51. The molecule has 0 amide bonds. The SMILES string of the molecule is Cc1ccnc(ON2P(Oc3cc(C)ccn3)N=P(Oc3cc(C)ccn3)(Oc3cc(C)ccn3)N(Oc3cc(C)ccn3)P2Oc2cc(C)ccn2)c1. The molecule has 0 fully saturated rings. The molecular formula is C36H36N9O6P3. The van der Waals surface area contributed by atoms with E-state index < -0.39 is 24.6 Å². The van der Waals surface area contributed by atoms with E-state index in [1.54, 1.807) is 73.6 Å². The van der Waals surface area contributed by atoms with Crippen molar-refractivity contribution in [3.8, 4) is 35.3 Å². The number of rotatable bonds is 12. The van der Waals surface area contributed by atoms with Crippen molar-refractivity contribution in [3.63, 3.8) is 0 Å². The summed E-state index contributed by atoms with van der Waals surface area (Å²) in [5.41, 5.74) is 5.39. The Hall–Kier alpha value is -5.29. The van der Waals surface area contributed by atoms with Crippen LogP contribution in [0.2, 0.25) is 0 Å². The first-order valence-electron chi connectivity index (χ1n) is 16.6. The van der Waals surface area contributed by atoms with Crippen LogP contribution in [0.3, 0.4) is 0 Å². The molecule has 18 heteroatoms. The van der Waals surface area contributed by atoms with Crippen molar-refractivity contribution in [2.45, 2.75) is 41.5 Å². The summed E-state index contributed by atoms with van der Waals surface area (Å²) in [5.74, 6) is 1.37. The quantitative estimate of drug-likeness (QED) is 0.108. The third-order valence-electron chi connectivity index (χ3n) is 7.31. The van der Waals surface area contributed by atoms with Crippen LogP contribution in [0, 0.1) is 41.5 Å². The largest absolute Gasteiger partial charge is 0.449 e. The van der Waals surface area contributed by atoms with Crippen LogP contribution in [0.4, 0.5) is 0 Å². The van der Waals surface area contributed by atoms with Gasteiger partial charge in [0.05, 0.1) is 0 Å². The minimum Gasteiger partial charge on any atom is -0.422 e. The summed E-state index contributed by atoms with van der Waals surface area (Å²) >= 11 is 0. The summed E-state index contributed by atoms with van der Waals surface area (Å²) in [6.45, 7) is 11.6. The molecule has 276 valence electrons. The monoisotopic (exact) mass is 783 g/mol. The first-order valence-corrected chi connectivity index (χ1v) is 20.5. The molecule has 7 heterocycles. The summed E-state index contributed by atoms with van der Waals surface area (Å²) < 4.78 is 35.3. The highest BCUT2D eigenvalue weighted by molar-refractivity contribution is 7.78. The lowest BCUT2D eigenvalue weighted by Gasteiger charge is -2.42. The molecule has 0 saturated heterocycles. The van der Waals surface area contributed by atoms with Crippen LogP contribution >= 0.6 is 24.6 Å². The fourth-order valence-corrected chi connectivity index (χ4v) is 12.0. The molecule has 1 aliphatic rings. The Morgan fingerprint density at radius 3 is 1.24 bits per heavy atom. The van der Waals surface area contributed by atoms with Gasteiger partial charge in [0.2, 0.25) is 35.3 Å². The fraction of sp³-hybridized carbons (Fsp3) is 0.167. The maximum atomic E-state index is 6.86. The van der Waals surface area contributed by atoms with Gasteiger partial charge in [-0.25, -0.2) is 29.9 Å². The zero-order valence-electron chi connectivity index (χ0n) is 30.2. The van der Waals surface area contributed by atoms with E-state index in [-0.39, 0.29) is 35.3 Å². The van der Waals surface area contributed by atoms with Crippen LogP contribution in [0.1, 0.15) is 33.4 Å². The van der Waals surface area contributed by atoms with Crippen molar-refractivity contribution >= 4 is 24.6 Å². The number of hydrogen-bond donors (Lipinski definition) is 0. The molecule has 6 aromatic rings. The van der Waals surface area contributed by atoms with Crippen molar-refractivity contribution in [1.82, 2.24) is 39.1 Å². The number of hydrogen-bond acceptors (Lipinski definition) is 15. The van der Waals surface area contributed by atoms with Gasteiger partial charge in [-0.05, 0) is 111 Å². The molecule has 1 aliphatic heterocycles. The molecule has 0 bridgehead atoms. The minimum absolute atomic E-state index is 0.200. The molecule has 54 heavy (non-hydrogen) atoms. The average molecular weight is 784 g/mol. The average Bonchev–Trinajstić information content (AvgIpc) is 3.12. The number of aromatic nitrogens is 6. The molecule has 2 unspecified atom stereocenters. The normalized spacial score (nSPS) is 16.9. The number of nitrogens with zero attached hydrogens (tertiary/aromatic N) is 9. The zero-order chi connectivity index (χ0) is 37.7. The Bertz CT molecular complexity index is 2270. The van der Waals surface area contributed by atoms with E-state index in [1.807, 2.05) is 77.9 Å². The van der Waals surface area contributed by atoms with Crippen molar-refractivity contribution in [3.05, 3.63) is 143 Å².